The minimum atomic E-state index is -0.549. The van der Waals surface area contributed by atoms with E-state index in [1.807, 2.05) is 6.92 Å². The van der Waals surface area contributed by atoms with Crippen molar-refractivity contribution in [1.29, 1.82) is 0 Å². The molecule has 1 aliphatic carbocycles. The minimum absolute atomic E-state index is 0.118. The predicted molar refractivity (Wildman–Crippen MR) is 69.2 cm³/mol. The minimum Gasteiger partial charge on any atom is -0.444 e. The van der Waals surface area contributed by atoms with Crippen molar-refractivity contribution in [2.24, 2.45) is 0 Å². The van der Waals surface area contributed by atoms with Crippen LogP contribution in [0.3, 0.4) is 0 Å². The smallest absolute Gasteiger partial charge is 0.408 e. The summed E-state index contributed by atoms with van der Waals surface area (Å²) in [6.07, 6.45) is 3.25. The summed E-state index contributed by atoms with van der Waals surface area (Å²) in [5.74, 6) is -0.118. The Bertz CT molecular complexity index is 306. The average molecular weight is 256 g/mol. The van der Waals surface area contributed by atoms with Crippen LogP contribution in [0.5, 0.6) is 0 Å². The third kappa shape index (κ3) is 4.94. The summed E-state index contributed by atoms with van der Waals surface area (Å²) < 4.78 is 5.14. The van der Waals surface area contributed by atoms with Crippen molar-refractivity contribution >= 4 is 12.0 Å². The topological polar surface area (TPSA) is 67.4 Å². The average Bonchev–Trinajstić information content (AvgIpc) is 2.17. The number of ether oxygens (including phenoxy) is 1. The number of nitrogens with one attached hydrogen (secondary N) is 2. The molecule has 5 heteroatoms. The molecule has 0 aromatic carbocycles. The van der Waals surface area contributed by atoms with Gasteiger partial charge in [-0.05, 0) is 46.5 Å². The molecule has 1 saturated carbocycles. The SMILES string of the molecule is CC[C@H](NC(=O)OC(C)(C)C)C(=O)NC1CCC1. The Morgan fingerprint density at radius 2 is 1.94 bits per heavy atom. The molecule has 0 aromatic rings. The van der Waals surface area contributed by atoms with Gasteiger partial charge in [0.1, 0.15) is 11.6 Å². The summed E-state index contributed by atoms with van der Waals surface area (Å²) in [4.78, 5) is 23.5. The Labute approximate surface area is 109 Å². The highest BCUT2D eigenvalue weighted by Gasteiger charge is 2.26. The quantitative estimate of drug-likeness (QED) is 0.808. The van der Waals surface area contributed by atoms with Crippen LogP contribution in [-0.4, -0.2) is 29.7 Å². The van der Waals surface area contributed by atoms with Gasteiger partial charge < -0.3 is 15.4 Å². The molecule has 0 unspecified atom stereocenters. The molecule has 1 aliphatic rings. The van der Waals surface area contributed by atoms with Gasteiger partial charge in [-0.3, -0.25) is 4.79 Å². The Hall–Kier alpha value is -1.26. The van der Waals surface area contributed by atoms with E-state index >= 15 is 0 Å². The van der Waals surface area contributed by atoms with Crippen LogP contribution >= 0.6 is 0 Å². The van der Waals surface area contributed by atoms with E-state index in [4.69, 9.17) is 4.74 Å². The number of hydrogen-bond acceptors (Lipinski definition) is 3. The first-order chi connectivity index (χ1) is 8.31. The highest BCUT2D eigenvalue weighted by molar-refractivity contribution is 5.85. The summed E-state index contributed by atoms with van der Waals surface area (Å²) in [5, 5.41) is 5.53. The van der Waals surface area contributed by atoms with E-state index in [1.165, 1.54) is 6.42 Å². The van der Waals surface area contributed by atoms with Crippen LogP contribution in [0.15, 0.2) is 0 Å². The molecule has 1 atom stereocenters. The Kier molecular flexibility index (Phi) is 4.99. The maximum absolute atomic E-state index is 11.9. The van der Waals surface area contributed by atoms with Crippen molar-refractivity contribution < 1.29 is 14.3 Å². The summed E-state index contributed by atoms with van der Waals surface area (Å²) in [6.45, 7) is 7.24. The lowest BCUT2D eigenvalue weighted by Crippen LogP contribution is -2.51. The Morgan fingerprint density at radius 1 is 1.33 bits per heavy atom. The number of amides is 2. The normalized spacial score (nSPS) is 17.6. The highest BCUT2D eigenvalue weighted by atomic mass is 16.6. The third-order valence-electron chi connectivity index (χ3n) is 2.87. The van der Waals surface area contributed by atoms with E-state index in [1.54, 1.807) is 20.8 Å². The van der Waals surface area contributed by atoms with Gasteiger partial charge in [0.2, 0.25) is 5.91 Å². The van der Waals surface area contributed by atoms with Crippen molar-refractivity contribution in [3.63, 3.8) is 0 Å². The molecule has 0 aromatic heterocycles. The van der Waals surface area contributed by atoms with Crippen molar-refractivity contribution in [3.05, 3.63) is 0 Å². The van der Waals surface area contributed by atoms with Gasteiger partial charge in [0.25, 0.3) is 0 Å². The fourth-order valence-corrected chi connectivity index (χ4v) is 1.66. The first-order valence-corrected chi connectivity index (χ1v) is 6.61. The lowest BCUT2D eigenvalue weighted by molar-refractivity contribution is -0.124. The second-order valence-electron chi connectivity index (χ2n) is 5.74. The molecule has 0 aliphatic heterocycles. The summed E-state index contributed by atoms with van der Waals surface area (Å²) in [7, 11) is 0. The van der Waals surface area contributed by atoms with Gasteiger partial charge in [0.05, 0.1) is 0 Å². The molecule has 2 N–H and O–H groups in total. The Morgan fingerprint density at radius 3 is 2.33 bits per heavy atom. The van der Waals surface area contributed by atoms with Crippen LogP contribution in [0, 0.1) is 0 Å². The largest absolute Gasteiger partial charge is 0.444 e. The van der Waals surface area contributed by atoms with E-state index < -0.39 is 17.7 Å². The number of hydrogen-bond donors (Lipinski definition) is 2. The van der Waals surface area contributed by atoms with E-state index in [-0.39, 0.29) is 11.9 Å². The number of carbonyl (C=O) groups excluding carboxylic acids is 2. The van der Waals surface area contributed by atoms with Gasteiger partial charge in [-0.25, -0.2) is 4.79 Å². The van der Waals surface area contributed by atoms with Gasteiger partial charge in [-0.15, -0.1) is 0 Å². The zero-order chi connectivity index (χ0) is 13.8. The predicted octanol–water partition coefficient (Wildman–Crippen LogP) is 1.96. The maximum Gasteiger partial charge on any atom is 0.408 e. The van der Waals surface area contributed by atoms with Crippen molar-refractivity contribution in [3.8, 4) is 0 Å². The molecule has 1 fully saturated rings. The van der Waals surface area contributed by atoms with Crippen LogP contribution in [-0.2, 0) is 9.53 Å². The fourth-order valence-electron chi connectivity index (χ4n) is 1.66. The van der Waals surface area contributed by atoms with Crippen LogP contribution in [0.2, 0.25) is 0 Å². The molecule has 0 radical (unpaired) electrons. The fraction of sp³-hybridized carbons (Fsp3) is 0.846. The molecule has 2 amide bonds. The zero-order valence-electron chi connectivity index (χ0n) is 11.7. The molecule has 0 spiro atoms. The molecule has 104 valence electrons. The van der Waals surface area contributed by atoms with Crippen molar-refractivity contribution in [2.45, 2.75) is 71.1 Å². The van der Waals surface area contributed by atoms with Gasteiger partial charge in [0, 0.05) is 6.04 Å². The number of alkyl carbamates (subject to hydrolysis) is 1. The number of rotatable bonds is 4. The van der Waals surface area contributed by atoms with Crippen molar-refractivity contribution in [2.75, 3.05) is 0 Å². The molecular weight excluding hydrogens is 232 g/mol. The first kappa shape index (κ1) is 14.8. The molecule has 5 nitrogen and oxygen atoms in total. The van der Waals surface area contributed by atoms with Gasteiger partial charge >= 0.3 is 6.09 Å². The summed E-state index contributed by atoms with van der Waals surface area (Å²) >= 11 is 0. The van der Waals surface area contributed by atoms with Crippen molar-refractivity contribution in [1.82, 2.24) is 10.6 Å². The molecule has 0 saturated heterocycles. The highest BCUT2D eigenvalue weighted by Crippen LogP contribution is 2.18. The molecule has 18 heavy (non-hydrogen) atoms. The molecule has 1 rings (SSSR count). The number of carbonyl (C=O) groups is 2. The molecule has 0 bridgehead atoms. The van der Waals surface area contributed by atoms with E-state index in [0.717, 1.165) is 12.8 Å². The van der Waals surface area contributed by atoms with Gasteiger partial charge in [-0.1, -0.05) is 6.92 Å². The van der Waals surface area contributed by atoms with Crippen LogP contribution < -0.4 is 10.6 Å². The summed E-state index contributed by atoms with van der Waals surface area (Å²) in [5.41, 5.74) is -0.549. The van der Waals surface area contributed by atoms with Crippen LogP contribution in [0.25, 0.3) is 0 Å². The second-order valence-corrected chi connectivity index (χ2v) is 5.74. The zero-order valence-corrected chi connectivity index (χ0v) is 11.7. The van der Waals surface area contributed by atoms with Crippen LogP contribution in [0.4, 0.5) is 4.79 Å². The molecule has 0 heterocycles. The third-order valence-corrected chi connectivity index (χ3v) is 2.87. The van der Waals surface area contributed by atoms with E-state index in [0.29, 0.717) is 6.42 Å². The maximum atomic E-state index is 11.9. The first-order valence-electron chi connectivity index (χ1n) is 6.61. The Balaban J connectivity index is 2.39. The van der Waals surface area contributed by atoms with E-state index in [2.05, 4.69) is 10.6 Å². The standard InChI is InChI=1S/C13H24N2O3/c1-5-10(11(16)14-9-7-6-8-9)15-12(17)18-13(2,3)4/h9-10H,5-8H2,1-4H3,(H,14,16)(H,15,17)/t10-/m0/s1. The lowest BCUT2D eigenvalue weighted by atomic mass is 9.93. The lowest BCUT2D eigenvalue weighted by Gasteiger charge is -2.29. The van der Waals surface area contributed by atoms with E-state index in [9.17, 15) is 9.59 Å². The van der Waals surface area contributed by atoms with Gasteiger partial charge in [0.15, 0.2) is 0 Å². The van der Waals surface area contributed by atoms with Crippen LogP contribution in [0.1, 0.15) is 53.4 Å². The van der Waals surface area contributed by atoms with Gasteiger partial charge in [-0.2, -0.15) is 0 Å². The second kappa shape index (κ2) is 6.07. The monoisotopic (exact) mass is 256 g/mol. The summed E-state index contributed by atoms with van der Waals surface area (Å²) in [6, 6.07) is -0.229. The molecular formula is C13H24N2O3.